The number of aliphatic hydroxyl groups is 1. The van der Waals surface area contributed by atoms with Crippen LogP contribution in [0, 0.1) is 0 Å². The topological polar surface area (TPSA) is 75.9 Å². The van der Waals surface area contributed by atoms with Gasteiger partial charge in [0.2, 0.25) is 0 Å². The molecule has 0 bridgehead atoms. The second-order valence-electron chi connectivity index (χ2n) is 5.38. The Morgan fingerprint density at radius 1 is 1.26 bits per heavy atom. The quantitative estimate of drug-likeness (QED) is 0.861. The molecule has 0 amide bonds. The van der Waals surface area contributed by atoms with Gasteiger partial charge in [-0.1, -0.05) is 6.07 Å². The summed E-state index contributed by atoms with van der Waals surface area (Å²) in [6, 6.07) is 3.63. The molecule has 0 unspecified atom stereocenters. The minimum absolute atomic E-state index is 0.0483. The molecule has 6 heteroatoms. The van der Waals surface area contributed by atoms with Crippen molar-refractivity contribution in [2.24, 2.45) is 0 Å². The average Bonchev–Trinajstić information content (AvgIpc) is 2.89. The summed E-state index contributed by atoms with van der Waals surface area (Å²) in [4.78, 5) is 5.65. The molecular formula is C13H19N5O. The van der Waals surface area contributed by atoms with E-state index in [4.69, 9.17) is 0 Å². The van der Waals surface area contributed by atoms with Crippen molar-refractivity contribution in [1.29, 1.82) is 0 Å². The van der Waals surface area contributed by atoms with Gasteiger partial charge in [0.05, 0.1) is 18.5 Å². The van der Waals surface area contributed by atoms with Crippen LogP contribution in [0.5, 0.6) is 0 Å². The van der Waals surface area contributed by atoms with Crippen LogP contribution in [-0.4, -0.2) is 37.2 Å². The van der Waals surface area contributed by atoms with Crippen molar-refractivity contribution in [3.05, 3.63) is 36.3 Å². The van der Waals surface area contributed by atoms with Gasteiger partial charge in [0, 0.05) is 23.8 Å². The van der Waals surface area contributed by atoms with E-state index in [0.717, 1.165) is 0 Å². The molecule has 0 aliphatic carbocycles. The summed E-state index contributed by atoms with van der Waals surface area (Å²) < 4.78 is 0. The largest absolute Gasteiger partial charge is 0.387 e. The van der Waals surface area contributed by atoms with Gasteiger partial charge in [-0.3, -0.25) is 0 Å². The summed E-state index contributed by atoms with van der Waals surface area (Å²) >= 11 is 0. The Hall–Kier alpha value is -1.79. The standard InChI is InChI=1S/C13H19N5O/c1-13(2,3)15-9-11(19)10-5-4-6-14-12(10)18-16-7-8-17-18/h4-8,11,15,19H,9H2,1-3H3/t11-/m0/s1. The first-order chi connectivity index (χ1) is 8.97. The molecular weight excluding hydrogens is 242 g/mol. The van der Waals surface area contributed by atoms with Gasteiger partial charge in [-0.25, -0.2) is 4.98 Å². The molecule has 2 heterocycles. The maximum Gasteiger partial charge on any atom is 0.180 e. The molecule has 0 fully saturated rings. The molecule has 2 aromatic heterocycles. The van der Waals surface area contributed by atoms with Gasteiger partial charge in [0.25, 0.3) is 0 Å². The zero-order valence-corrected chi connectivity index (χ0v) is 11.4. The van der Waals surface area contributed by atoms with Gasteiger partial charge in [-0.2, -0.15) is 10.2 Å². The third kappa shape index (κ3) is 3.59. The van der Waals surface area contributed by atoms with Crippen molar-refractivity contribution in [2.45, 2.75) is 32.4 Å². The number of aliphatic hydroxyl groups excluding tert-OH is 1. The molecule has 102 valence electrons. The smallest absolute Gasteiger partial charge is 0.180 e. The number of aromatic nitrogens is 4. The van der Waals surface area contributed by atoms with Crippen LogP contribution >= 0.6 is 0 Å². The maximum atomic E-state index is 10.3. The molecule has 0 radical (unpaired) electrons. The Morgan fingerprint density at radius 2 is 1.95 bits per heavy atom. The molecule has 2 N–H and O–H groups in total. The Kier molecular flexibility index (Phi) is 3.92. The maximum absolute atomic E-state index is 10.3. The van der Waals surface area contributed by atoms with Gasteiger partial charge in [-0.05, 0) is 26.8 Å². The van der Waals surface area contributed by atoms with E-state index < -0.39 is 6.10 Å². The number of hydrogen-bond donors (Lipinski definition) is 2. The van der Waals surface area contributed by atoms with E-state index in [-0.39, 0.29) is 5.54 Å². The summed E-state index contributed by atoms with van der Waals surface area (Å²) in [5.41, 5.74) is 0.656. The fourth-order valence-corrected chi connectivity index (χ4v) is 1.67. The number of nitrogens with zero attached hydrogens (tertiary/aromatic N) is 4. The van der Waals surface area contributed by atoms with E-state index in [1.54, 1.807) is 24.7 Å². The molecule has 2 rings (SSSR count). The third-order valence-electron chi connectivity index (χ3n) is 2.61. The second-order valence-corrected chi connectivity index (χ2v) is 5.38. The SMILES string of the molecule is CC(C)(C)NC[C@H](O)c1cccnc1-n1nccn1. The summed E-state index contributed by atoms with van der Waals surface area (Å²) in [5, 5.41) is 21.7. The van der Waals surface area contributed by atoms with Crippen molar-refractivity contribution >= 4 is 0 Å². The third-order valence-corrected chi connectivity index (χ3v) is 2.61. The van der Waals surface area contributed by atoms with Crippen LogP contribution in [0.25, 0.3) is 5.82 Å². The molecule has 1 atom stereocenters. The van der Waals surface area contributed by atoms with Gasteiger partial charge < -0.3 is 10.4 Å². The molecule has 0 saturated heterocycles. The first-order valence-electron chi connectivity index (χ1n) is 6.22. The molecule has 6 nitrogen and oxygen atoms in total. The highest BCUT2D eigenvalue weighted by molar-refractivity contribution is 5.33. The highest BCUT2D eigenvalue weighted by Gasteiger charge is 2.18. The fraction of sp³-hybridized carbons (Fsp3) is 0.462. The number of β-amino-alcohol motifs (C(OH)–C–C–N with tert-alkyl or cyclic N) is 1. The molecule has 0 aromatic carbocycles. The van der Waals surface area contributed by atoms with E-state index in [9.17, 15) is 5.11 Å². The molecule has 0 aliphatic heterocycles. The Bertz CT molecular complexity index is 518. The van der Waals surface area contributed by atoms with Crippen molar-refractivity contribution < 1.29 is 5.11 Å². The zero-order valence-electron chi connectivity index (χ0n) is 11.4. The van der Waals surface area contributed by atoms with Crippen LogP contribution in [0.3, 0.4) is 0 Å². The predicted molar refractivity (Wildman–Crippen MR) is 71.9 cm³/mol. The van der Waals surface area contributed by atoms with E-state index in [2.05, 4.69) is 41.3 Å². The summed E-state index contributed by atoms with van der Waals surface area (Å²) in [7, 11) is 0. The lowest BCUT2D eigenvalue weighted by molar-refractivity contribution is 0.162. The first-order valence-corrected chi connectivity index (χ1v) is 6.22. The van der Waals surface area contributed by atoms with E-state index in [0.29, 0.717) is 17.9 Å². The summed E-state index contributed by atoms with van der Waals surface area (Å²) in [5.74, 6) is 0.552. The highest BCUT2D eigenvalue weighted by Crippen LogP contribution is 2.18. The number of pyridine rings is 1. The minimum atomic E-state index is -0.658. The van der Waals surface area contributed by atoms with Crippen LogP contribution < -0.4 is 5.32 Å². The number of rotatable bonds is 4. The van der Waals surface area contributed by atoms with Crippen LogP contribution in [0.2, 0.25) is 0 Å². The van der Waals surface area contributed by atoms with Gasteiger partial charge >= 0.3 is 0 Å². The summed E-state index contributed by atoms with van der Waals surface area (Å²) in [6.45, 7) is 6.61. The normalized spacial score (nSPS) is 13.5. The molecule has 0 aliphatic rings. The second kappa shape index (κ2) is 5.46. The lowest BCUT2D eigenvalue weighted by Gasteiger charge is -2.23. The van der Waals surface area contributed by atoms with Gasteiger partial charge in [0.15, 0.2) is 5.82 Å². The first kappa shape index (κ1) is 13.6. The Labute approximate surface area is 112 Å². The van der Waals surface area contributed by atoms with Crippen molar-refractivity contribution in [2.75, 3.05) is 6.54 Å². The van der Waals surface area contributed by atoms with E-state index in [1.165, 1.54) is 4.80 Å². The highest BCUT2D eigenvalue weighted by atomic mass is 16.3. The summed E-state index contributed by atoms with van der Waals surface area (Å²) in [6.07, 6.45) is 4.16. The van der Waals surface area contributed by atoms with Crippen molar-refractivity contribution in [3.63, 3.8) is 0 Å². The van der Waals surface area contributed by atoms with Crippen LogP contribution in [0.1, 0.15) is 32.4 Å². The average molecular weight is 261 g/mol. The lowest BCUT2D eigenvalue weighted by Crippen LogP contribution is -2.38. The van der Waals surface area contributed by atoms with Crippen LogP contribution in [0.4, 0.5) is 0 Å². The van der Waals surface area contributed by atoms with Crippen LogP contribution in [0.15, 0.2) is 30.7 Å². The predicted octanol–water partition coefficient (Wildman–Crippen LogP) is 1.08. The van der Waals surface area contributed by atoms with Gasteiger partial charge in [-0.15, -0.1) is 4.80 Å². The van der Waals surface area contributed by atoms with E-state index >= 15 is 0 Å². The molecule has 0 saturated carbocycles. The van der Waals surface area contributed by atoms with Crippen molar-refractivity contribution in [3.8, 4) is 5.82 Å². The van der Waals surface area contributed by atoms with E-state index in [1.807, 2.05) is 6.07 Å². The molecule has 19 heavy (non-hydrogen) atoms. The Balaban J connectivity index is 2.20. The monoisotopic (exact) mass is 261 g/mol. The zero-order chi connectivity index (χ0) is 13.9. The molecule has 2 aromatic rings. The minimum Gasteiger partial charge on any atom is -0.387 e. The van der Waals surface area contributed by atoms with Crippen LogP contribution in [-0.2, 0) is 0 Å². The number of nitrogens with one attached hydrogen (secondary N) is 1. The fourth-order valence-electron chi connectivity index (χ4n) is 1.67. The lowest BCUT2D eigenvalue weighted by atomic mass is 10.1. The number of hydrogen-bond acceptors (Lipinski definition) is 5. The molecule has 0 spiro atoms. The van der Waals surface area contributed by atoms with Crippen molar-refractivity contribution in [1.82, 2.24) is 25.3 Å². The Morgan fingerprint density at radius 3 is 2.58 bits per heavy atom. The van der Waals surface area contributed by atoms with Gasteiger partial charge in [0.1, 0.15) is 0 Å².